The largest absolute Gasteiger partial charge is 0.457 e. The van der Waals surface area contributed by atoms with Crippen LogP contribution in [0, 0.1) is 6.92 Å². The third-order valence-corrected chi connectivity index (χ3v) is 5.63. The maximum atomic E-state index is 13.3. The fourth-order valence-electron chi connectivity index (χ4n) is 3.82. The molecular formula is C26H24ClN3O3. The van der Waals surface area contributed by atoms with Gasteiger partial charge in [0.2, 0.25) is 0 Å². The number of pyridine rings is 1. The average molecular weight is 462 g/mol. The van der Waals surface area contributed by atoms with E-state index >= 15 is 0 Å². The number of ether oxygens (including phenoxy) is 1. The van der Waals surface area contributed by atoms with Gasteiger partial charge in [0.05, 0.1) is 11.6 Å². The van der Waals surface area contributed by atoms with Crippen LogP contribution in [0.2, 0.25) is 5.02 Å². The lowest BCUT2D eigenvalue weighted by Crippen LogP contribution is -2.46. The lowest BCUT2D eigenvalue weighted by molar-refractivity contribution is -0.140. The number of amides is 2. The summed E-state index contributed by atoms with van der Waals surface area (Å²) in [6.07, 6.45) is 2.72. The number of carbonyl (C=O) groups excluding carboxylic acids is 2. The van der Waals surface area contributed by atoms with Crippen molar-refractivity contribution in [1.29, 1.82) is 0 Å². The van der Waals surface area contributed by atoms with Crippen molar-refractivity contribution >= 4 is 23.6 Å². The number of hydrogen-bond donors (Lipinski definition) is 2. The van der Waals surface area contributed by atoms with Crippen LogP contribution >= 0.6 is 11.6 Å². The van der Waals surface area contributed by atoms with E-state index in [1.54, 1.807) is 12.3 Å². The Kier molecular flexibility index (Phi) is 7.05. The van der Waals surface area contributed by atoms with Gasteiger partial charge in [0.15, 0.2) is 0 Å². The molecule has 0 spiro atoms. The van der Waals surface area contributed by atoms with Crippen molar-refractivity contribution in [3.8, 4) is 0 Å². The quantitative estimate of drug-likeness (QED) is 0.484. The predicted octanol–water partition coefficient (Wildman–Crippen LogP) is 5.03. The molecule has 2 aromatic carbocycles. The zero-order chi connectivity index (χ0) is 23.2. The molecule has 1 aromatic heterocycles. The first-order chi connectivity index (χ1) is 16.0. The molecule has 3 aromatic rings. The molecule has 0 fully saturated rings. The Morgan fingerprint density at radius 3 is 2.58 bits per heavy atom. The fraction of sp³-hybridized carbons (Fsp3) is 0.192. The van der Waals surface area contributed by atoms with Crippen molar-refractivity contribution in [3.05, 3.63) is 112 Å². The number of carbonyl (C=O) groups is 2. The number of aromatic nitrogens is 1. The molecule has 0 aliphatic carbocycles. The molecule has 1 atom stereocenters. The van der Waals surface area contributed by atoms with Crippen LogP contribution < -0.4 is 10.6 Å². The summed E-state index contributed by atoms with van der Waals surface area (Å²) < 4.78 is 5.66. The lowest BCUT2D eigenvalue weighted by Gasteiger charge is -2.29. The Hall–Kier alpha value is -3.64. The van der Waals surface area contributed by atoms with E-state index in [-0.39, 0.29) is 12.6 Å². The normalized spacial score (nSPS) is 15.6. The molecule has 7 heteroatoms. The second-order valence-corrected chi connectivity index (χ2v) is 8.28. The molecule has 0 radical (unpaired) electrons. The van der Waals surface area contributed by atoms with Crippen LogP contribution in [0.3, 0.4) is 0 Å². The smallest absolute Gasteiger partial charge is 0.338 e. The van der Waals surface area contributed by atoms with E-state index in [9.17, 15) is 9.59 Å². The highest BCUT2D eigenvalue weighted by Gasteiger charge is 2.33. The maximum absolute atomic E-state index is 13.3. The molecule has 168 valence electrons. The van der Waals surface area contributed by atoms with Gasteiger partial charge in [-0.1, -0.05) is 54.1 Å². The van der Waals surface area contributed by atoms with E-state index in [1.807, 2.05) is 67.6 Å². The SMILES string of the molecule is Cc1cc(C2NC(=O)NC(CCc3cccc(Cl)c3)=C2C(=O)OCc2ccccc2)ccn1. The van der Waals surface area contributed by atoms with Gasteiger partial charge in [-0.15, -0.1) is 0 Å². The highest BCUT2D eigenvalue weighted by molar-refractivity contribution is 6.30. The lowest BCUT2D eigenvalue weighted by atomic mass is 9.93. The van der Waals surface area contributed by atoms with Crippen LogP contribution in [-0.4, -0.2) is 17.0 Å². The fourth-order valence-corrected chi connectivity index (χ4v) is 4.03. The minimum Gasteiger partial charge on any atom is -0.457 e. The van der Waals surface area contributed by atoms with Crippen molar-refractivity contribution < 1.29 is 14.3 Å². The first kappa shape index (κ1) is 22.6. The zero-order valence-electron chi connectivity index (χ0n) is 18.2. The molecule has 0 saturated heterocycles. The number of hydrogen-bond acceptors (Lipinski definition) is 4. The van der Waals surface area contributed by atoms with E-state index in [1.165, 1.54) is 0 Å². The predicted molar refractivity (Wildman–Crippen MR) is 126 cm³/mol. The molecule has 2 amide bonds. The topological polar surface area (TPSA) is 80.3 Å². The number of benzene rings is 2. The zero-order valence-corrected chi connectivity index (χ0v) is 18.9. The molecule has 1 unspecified atom stereocenters. The molecule has 0 bridgehead atoms. The van der Waals surface area contributed by atoms with Crippen LogP contribution in [0.1, 0.15) is 34.8 Å². The summed E-state index contributed by atoms with van der Waals surface area (Å²) in [6.45, 7) is 2.00. The van der Waals surface area contributed by atoms with Gasteiger partial charge in [-0.05, 0) is 60.7 Å². The summed E-state index contributed by atoms with van der Waals surface area (Å²) in [7, 11) is 0. The standard InChI is InChI=1S/C26H24ClN3O3/c1-17-14-20(12-13-28-17)24-23(25(31)33-16-19-6-3-2-4-7-19)22(29-26(32)30-24)11-10-18-8-5-9-21(27)15-18/h2-9,12-15,24H,10-11,16H2,1H3,(H2,29,30,32). The summed E-state index contributed by atoms with van der Waals surface area (Å²) in [5.41, 5.74) is 4.38. The van der Waals surface area contributed by atoms with Gasteiger partial charge in [0.25, 0.3) is 0 Å². The maximum Gasteiger partial charge on any atom is 0.338 e. The third-order valence-electron chi connectivity index (χ3n) is 5.39. The van der Waals surface area contributed by atoms with Gasteiger partial charge in [-0.2, -0.15) is 0 Å². The first-order valence-corrected chi connectivity index (χ1v) is 11.1. The van der Waals surface area contributed by atoms with E-state index in [0.29, 0.717) is 29.1 Å². The average Bonchev–Trinajstić information content (AvgIpc) is 2.81. The Morgan fingerprint density at radius 1 is 1.03 bits per heavy atom. The number of esters is 1. The summed E-state index contributed by atoms with van der Waals surface area (Å²) in [6, 6.07) is 19.7. The summed E-state index contributed by atoms with van der Waals surface area (Å²) in [5.74, 6) is -0.480. The molecule has 1 aliphatic heterocycles. The number of aryl methyl sites for hydroxylation is 2. The monoisotopic (exact) mass is 461 g/mol. The number of halogens is 1. The van der Waals surface area contributed by atoms with Gasteiger partial charge in [0.1, 0.15) is 6.61 Å². The Balaban J connectivity index is 1.66. The molecule has 6 nitrogen and oxygen atoms in total. The van der Waals surface area contributed by atoms with E-state index < -0.39 is 12.0 Å². The second-order valence-electron chi connectivity index (χ2n) is 7.85. The minimum atomic E-state index is -0.641. The number of urea groups is 1. The third kappa shape index (κ3) is 5.79. The first-order valence-electron chi connectivity index (χ1n) is 10.7. The van der Waals surface area contributed by atoms with Crippen LogP contribution in [0.25, 0.3) is 0 Å². The van der Waals surface area contributed by atoms with Crippen LogP contribution in [0.4, 0.5) is 4.79 Å². The Labute approximate surface area is 197 Å². The van der Waals surface area contributed by atoms with Gasteiger partial charge in [-0.3, -0.25) is 4.98 Å². The van der Waals surface area contributed by atoms with Crippen molar-refractivity contribution in [2.45, 2.75) is 32.4 Å². The highest BCUT2D eigenvalue weighted by Crippen LogP contribution is 2.30. The number of allylic oxidation sites excluding steroid dienone is 1. The van der Waals surface area contributed by atoms with Crippen molar-refractivity contribution in [2.75, 3.05) is 0 Å². The molecule has 4 rings (SSSR count). The summed E-state index contributed by atoms with van der Waals surface area (Å²) in [5, 5.41) is 6.34. The van der Waals surface area contributed by atoms with E-state index in [4.69, 9.17) is 16.3 Å². The molecule has 0 saturated carbocycles. The van der Waals surface area contributed by atoms with Crippen LogP contribution in [0.15, 0.2) is 84.2 Å². The van der Waals surface area contributed by atoms with E-state index in [0.717, 1.165) is 22.4 Å². The van der Waals surface area contributed by atoms with Crippen molar-refractivity contribution in [1.82, 2.24) is 15.6 Å². The second kappa shape index (κ2) is 10.3. The summed E-state index contributed by atoms with van der Waals surface area (Å²) in [4.78, 5) is 30.1. The number of rotatable bonds is 7. The van der Waals surface area contributed by atoms with Gasteiger partial charge >= 0.3 is 12.0 Å². The molecule has 33 heavy (non-hydrogen) atoms. The number of nitrogens with one attached hydrogen (secondary N) is 2. The molecular weight excluding hydrogens is 438 g/mol. The highest BCUT2D eigenvalue weighted by atomic mass is 35.5. The van der Waals surface area contributed by atoms with Crippen LogP contribution in [0.5, 0.6) is 0 Å². The van der Waals surface area contributed by atoms with Crippen molar-refractivity contribution in [2.24, 2.45) is 0 Å². The van der Waals surface area contributed by atoms with Crippen molar-refractivity contribution in [3.63, 3.8) is 0 Å². The van der Waals surface area contributed by atoms with Gasteiger partial charge in [-0.25, -0.2) is 9.59 Å². The van der Waals surface area contributed by atoms with Gasteiger partial charge in [0, 0.05) is 22.6 Å². The Bertz CT molecular complexity index is 1190. The molecule has 2 heterocycles. The summed E-state index contributed by atoms with van der Waals surface area (Å²) >= 11 is 6.11. The van der Waals surface area contributed by atoms with E-state index in [2.05, 4.69) is 15.6 Å². The van der Waals surface area contributed by atoms with Gasteiger partial charge < -0.3 is 15.4 Å². The molecule has 1 aliphatic rings. The number of nitrogens with zero attached hydrogens (tertiary/aromatic N) is 1. The van der Waals surface area contributed by atoms with Crippen LogP contribution in [-0.2, 0) is 22.6 Å². The Morgan fingerprint density at radius 2 is 1.82 bits per heavy atom. The minimum absolute atomic E-state index is 0.140. The molecule has 2 N–H and O–H groups in total.